The number of aryl methyl sites for hydroxylation is 1. The first kappa shape index (κ1) is 18.6. The van der Waals surface area contributed by atoms with Crippen LogP contribution in [0.4, 0.5) is 4.39 Å². The van der Waals surface area contributed by atoms with Crippen LogP contribution in [0.1, 0.15) is 40.6 Å². The van der Waals surface area contributed by atoms with Gasteiger partial charge >= 0.3 is 0 Å². The van der Waals surface area contributed by atoms with Crippen LogP contribution >= 0.6 is 0 Å². The quantitative estimate of drug-likeness (QED) is 0.652. The van der Waals surface area contributed by atoms with Gasteiger partial charge in [-0.2, -0.15) is 4.98 Å². The molecule has 0 spiro atoms. The van der Waals surface area contributed by atoms with Gasteiger partial charge in [0, 0.05) is 30.1 Å². The zero-order valence-electron chi connectivity index (χ0n) is 16.4. The maximum absolute atomic E-state index is 13.8. The molecule has 0 unspecified atom stereocenters. The zero-order valence-corrected chi connectivity index (χ0v) is 16.4. The van der Waals surface area contributed by atoms with E-state index in [4.69, 9.17) is 14.0 Å². The van der Waals surface area contributed by atoms with E-state index in [2.05, 4.69) is 10.1 Å². The monoisotopic (exact) mass is 409 g/mol. The summed E-state index contributed by atoms with van der Waals surface area (Å²) in [5.41, 5.74) is 1.70. The van der Waals surface area contributed by atoms with Crippen molar-refractivity contribution in [2.45, 2.75) is 25.7 Å². The van der Waals surface area contributed by atoms with Gasteiger partial charge < -0.3 is 18.9 Å². The molecule has 0 aliphatic carbocycles. The minimum absolute atomic E-state index is 0.0825. The summed E-state index contributed by atoms with van der Waals surface area (Å²) in [6.07, 6.45) is 1.42. The van der Waals surface area contributed by atoms with Gasteiger partial charge in [-0.1, -0.05) is 11.2 Å². The number of rotatable bonds is 3. The summed E-state index contributed by atoms with van der Waals surface area (Å²) in [6, 6.07) is 10.1. The number of carbonyl (C=O) groups is 1. The van der Waals surface area contributed by atoms with Gasteiger partial charge in [0.2, 0.25) is 18.5 Å². The second kappa shape index (κ2) is 7.44. The van der Waals surface area contributed by atoms with Crippen molar-refractivity contribution in [2.75, 3.05) is 19.9 Å². The Hall–Kier alpha value is -3.42. The van der Waals surface area contributed by atoms with Crippen molar-refractivity contribution in [2.24, 2.45) is 0 Å². The van der Waals surface area contributed by atoms with Crippen molar-refractivity contribution >= 4 is 5.91 Å². The van der Waals surface area contributed by atoms with Crippen molar-refractivity contribution in [3.8, 4) is 22.9 Å². The number of amides is 1. The summed E-state index contributed by atoms with van der Waals surface area (Å²) in [5, 5.41) is 4.10. The molecule has 5 rings (SSSR count). The summed E-state index contributed by atoms with van der Waals surface area (Å²) >= 11 is 0. The molecule has 1 fully saturated rings. The Morgan fingerprint density at radius 2 is 1.90 bits per heavy atom. The van der Waals surface area contributed by atoms with E-state index in [-0.39, 0.29) is 24.4 Å². The van der Waals surface area contributed by atoms with Gasteiger partial charge in [-0.25, -0.2) is 4.39 Å². The van der Waals surface area contributed by atoms with Crippen LogP contribution in [-0.4, -0.2) is 40.8 Å². The lowest BCUT2D eigenvalue weighted by atomic mass is 9.96. The molecule has 2 aliphatic heterocycles. The molecular weight excluding hydrogens is 389 g/mol. The van der Waals surface area contributed by atoms with Crippen molar-refractivity contribution < 1.29 is 23.2 Å². The van der Waals surface area contributed by atoms with Crippen molar-refractivity contribution in [1.82, 2.24) is 15.0 Å². The molecule has 0 bridgehead atoms. The number of halogens is 1. The molecule has 0 radical (unpaired) electrons. The molecule has 1 saturated heterocycles. The van der Waals surface area contributed by atoms with Crippen LogP contribution in [0.25, 0.3) is 11.4 Å². The Labute approximate surface area is 172 Å². The maximum atomic E-state index is 13.8. The maximum Gasteiger partial charge on any atom is 0.253 e. The molecule has 2 aliphatic rings. The molecule has 2 aromatic carbocycles. The fourth-order valence-corrected chi connectivity index (χ4v) is 3.79. The first-order valence-electron chi connectivity index (χ1n) is 9.87. The van der Waals surface area contributed by atoms with E-state index in [1.165, 1.54) is 6.07 Å². The summed E-state index contributed by atoms with van der Waals surface area (Å²) in [6.45, 7) is 3.00. The number of likely N-dealkylation sites (tertiary alicyclic amines) is 1. The smallest absolute Gasteiger partial charge is 0.253 e. The summed E-state index contributed by atoms with van der Waals surface area (Å²) in [7, 11) is 0. The molecule has 0 atom stereocenters. The summed E-state index contributed by atoms with van der Waals surface area (Å²) in [5.74, 6) is 2.00. The fraction of sp³-hybridized carbons (Fsp3) is 0.318. The number of aromatic nitrogens is 2. The molecule has 7 nitrogen and oxygen atoms in total. The SMILES string of the molecule is Cc1ccc(C(=O)N2CCC(c3nc(-c4ccc5c(c4)OCO5)no3)CC2)cc1F. The number of piperidine rings is 1. The molecule has 8 heteroatoms. The highest BCUT2D eigenvalue weighted by molar-refractivity contribution is 5.94. The molecule has 0 saturated carbocycles. The average molecular weight is 409 g/mol. The Balaban J connectivity index is 1.25. The van der Waals surface area contributed by atoms with E-state index >= 15 is 0 Å². The van der Waals surface area contributed by atoms with Crippen LogP contribution in [0, 0.1) is 12.7 Å². The van der Waals surface area contributed by atoms with Gasteiger partial charge in [0.15, 0.2) is 11.5 Å². The number of fused-ring (bicyclic) bond motifs is 1. The molecule has 1 amide bonds. The predicted octanol–water partition coefficient (Wildman–Crippen LogP) is 3.93. The van der Waals surface area contributed by atoms with Gasteiger partial charge in [-0.15, -0.1) is 0 Å². The van der Waals surface area contributed by atoms with Crippen LogP contribution in [0.15, 0.2) is 40.9 Å². The number of hydrogen-bond acceptors (Lipinski definition) is 6. The number of nitrogens with zero attached hydrogens (tertiary/aromatic N) is 3. The van der Waals surface area contributed by atoms with Gasteiger partial charge in [-0.3, -0.25) is 4.79 Å². The third kappa shape index (κ3) is 3.38. The molecular formula is C22H20FN3O4. The van der Waals surface area contributed by atoms with E-state index < -0.39 is 0 Å². The lowest BCUT2D eigenvalue weighted by Gasteiger charge is -2.30. The lowest BCUT2D eigenvalue weighted by Crippen LogP contribution is -2.38. The minimum atomic E-state index is -0.363. The van der Waals surface area contributed by atoms with E-state index in [0.717, 1.165) is 5.56 Å². The zero-order chi connectivity index (χ0) is 20.7. The Bertz CT molecular complexity index is 1110. The van der Waals surface area contributed by atoms with Crippen LogP contribution in [-0.2, 0) is 0 Å². The standard InChI is InChI=1S/C22H20FN3O4/c1-13-2-3-16(10-17(13)23)22(27)26-8-6-14(7-9-26)21-24-20(25-30-21)15-4-5-18-19(11-15)29-12-28-18/h2-5,10-11,14H,6-9,12H2,1H3. The second-order valence-corrected chi connectivity index (χ2v) is 7.55. The number of hydrogen-bond donors (Lipinski definition) is 0. The van der Waals surface area contributed by atoms with Gasteiger partial charge in [0.1, 0.15) is 5.82 Å². The van der Waals surface area contributed by atoms with E-state index in [1.807, 2.05) is 18.2 Å². The first-order valence-corrected chi connectivity index (χ1v) is 9.87. The lowest BCUT2D eigenvalue weighted by molar-refractivity contribution is 0.0704. The fourth-order valence-electron chi connectivity index (χ4n) is 3.79. The third-order valence-corrected chi connectivity index (χ3v) is 5.62. The molecule has 3 aromatic rings. The molecule has 30 heavy (non-hydrogen) atoms. The molecule has 0 N–H and O–H groups in total. The second-order valence-electron chi connectivity index (χ2n) is 7.55. The van der Waals surface area contributed by atoms with E-state index in [9.17, 15) is 9.18 Å². The summed E-state index contributed by atoms with van der Waals surface area (Å²) < 4.78 is 30.0. The van der Waals surface area contributed by atoms with Crippen molar-refractivity contribution in [3.05, 3.63) is 59.2 Å². The number of ether oxygens (including phenoxy) is 2. The van der Waals surface area contributed by atoms with Crippen LogP contribution in [0.3, 0.4) is 0 Å². The highest BCUT2D eigenvalue weighted by Gasteiger charge is 2.28. The molecule has 1 aromatic heterocycles. The summed E-state index contributed by atoms with van der Waals surface area (Å²) in [4.78, 5) is 19.0. The Morgan fingerprint density at radius 3 is 2.70 bits per heavy atom. The van der Waals surface area contributed by atoms with Crippen LogP contribution < -0.4 is 9.47 Å². The van der Waals surface area contributed by atoms with Crippen molar-refractivity contribution in [3.63, 3.8) is 0 Å². The van der Waals surface area contributed by atoms with Crippen LogP contribution in [0.2, 0.25) is 0 Å². The predicted molar refractivity (Wildman–Crippen MR) is 105 cm³/mol. The topological polar surface area (TPSA) is 77.7 Å². The Morgan fingerprint density at radius 1 is 1.10 bits per heavy atom. The third-order valence-electron chi connectivity index (χ3n) is 5.62. The average Bonchev–Trinajstić information content (AvgIpc) is 3.44. The molecule has 3 heterocycles. The molecule has 154 valence electrons. The number of carbonyl (C=O) groups excluding carboxylic acids is 1. The van der Waals surface area contributed by atoms with Gasteiger partial charge in [0.25, 0.3) is 5.91 Å². The van der Waals surface area contributed by atoms with Crippen LogP contribution in [0.5, 0.6) is 11.5 Å². The highest BCUT2D eigenvalue weighted by Crippen LogP contribution is 2.36. The first-order chi connectivity index (χ1) is 14.6. The minimum Gasteiger partial charge on any atom is -0.454 e. The van der Waals surface area contributed by atoms with E-state index in [1.54, 1.807) is 24.0 Å². The van der Waals surface area contributed by atoms with E-state index in [0.29, 0.717) is 60.3 Å². The van der Waals surface area contributed by atoms with Gasteiger partial charge in [-0.05, 0) is 55.7 Å². The largest absolute Gasteiger partial charge is 0.454 e. The normalized spacial score (nSPS) is 16.1. The number of benzene rings is 2. The highest BCUT2D eigenvalue weighted by atomic mass is 19.1. The van der Waals surface area contributed by atoms with Gasteiger partial charge in [0.05, 0.1) is 0 Å². The van der Waals surface area contributed by atoms with Crippen molar-refractivity contribution in [1.29, 1.82) is 0 Å². The Kier molecular flexibility index (Phi) is 4.61.